The van der Waals surface area contributed by atoms with Crippen molar-refractivity contribution in [2.45, 2.75) is 49.7 Å². The average molecular weight is 487 g/mol. The van der Waals surface area contributed by atoms with Gasteiger partial charge in [0.2, 0.25) is 17.6 Å². The lowest BCUT2D eigenvalue weighted by molar-refractivity contribution is -0.120. The molecule has 1 aliphatic heterocycles. The normalized spacial score (nSPS) is 19.2. The Labute approximate surface area is 197 Å². The van der Waals surface area contributed by atoms with Crippen molar-refractivity contribution >= 4 is 33.0 Å². The zero-order valence-electron chi connectivity index (χ0n) is 18.4. The third-order valence-electron chi connectivity index (χ3n) is 6.36. The van der Waals surface area contributed by atoms with Gasteiger partial charge in [-0.3, -0.25) is 4.79 Å². The van der Waals surface area contributed by atoms with E-state index in [0.717, 1.165) is 36.3 Å². The van der Waals surface area contributed by atoms with Gasteiger partial charge in [-0.15, -0.1) is 11.3 Å². The number of nitrogens with one attached hydrogen (secondary N) is 1. The van der Waals surface area contributed by atoms with Crippen LogP contribution in [0.2, 0.25) is 0 Å². The zero-order valence-corrected chi connectivity index (χ0v) is 20.0. The standard InChI is InChI=1S/C23H26N4O4S2/c1-15-24-22(26-31-15)18-12-21(32-14-18)33(29,30)27-11-5-8-17(13-27)23(28)25-20-10-4-7-16-6-2-3-9-19(16)20/h4,7,10,12,14,17H,2-3,5-6,8-9,11,13H2,1H3,(H,25,28). The smallest absolute Gasteiger partial charge is 0.252 e. The largest absolute Gasteiger partial charge is 0.339 e. The number of nitrogens with zero attached hydrogens (tertiary/aromatic N) is 3. The molecular formula is C23H26N4O4S2. The Morgan fingerprint density at radius 1 is 1.24 bits per heavy atom. The highest BCUT2D eigenvalue weighted by atomic mass is 32.2. The molecular weight excluding hydrogens is 460 g/mol. The number of piperidine rings is 1. The van der Waals surface area contributed by atoms with Gasteiger partial charge < -0.3 is 9.84 Å². The van der Waals surface area contributed by atoms with Crippen LogP contribution in [0.5, 0.6) is 0 Å². The second-order valence-corrected chi connectivity index (χ2v) is 11.7. The molecule has 1 aromatic carbocycles. The van der Waals surface area contributed by atoms with Crippen molar-refractivity contribution in [2.24, 2.45) is 5.92 Å². The molecule has 5 rings (SSSR count). The van der Waals surface area contributed by atoms with Gasteiger partial charge in [-0.25, -0.2) is 8.42 Å². The maximum absolute atomic E-state index is 13.3. The fraction of sp³-hybridized carbons (Fsp3) is 0.435. The van der Waals surface area contributed by atoms with Gasteiger partial charge in [0.1, 0.15) is 4.21 Å². The summed E-state index contributed by atoms with van der Waals surface area (Å²) in [6.07, 6.45) is 5.63. The van der Waals surface area contributed by atoms with E-state index in [9.17, 15) is 13.2 Å². The number of amides is 1. The van der Waals surface area contributed by atoms with E-state index in [-0.39, 0.29) is 22.6 Å². The highest BCUT2D eigenvalue weighted by molar-refractivity contribution is 7.91. The van der Waals surface area contributed by atoms with E-state index in [0.29, 0.717) is 36.7 Å². The molecule has 1 atom stereocenters. The molecule has 33 heavy (non-hydrogen) atoms. The molecule has 1 unspecified atom stereocenters. The van der Waals surface area contributed by atoms with E-state index in [2.05, 4.69) is 21.5 Å². The molecule has 0 radical (unpaired) electrons. The Morgan fingerprint density at radius 2 is 2.09 bits per heavy atom. The van der Waals surface area contributed by atoms with Gasteiger partial charge in [0, 0.05) is 36.6 Å². The first-order valence-corrected chi connectivity index (χ1v) is 13.5. The topological polar surface area (TPSA) is 105 Å². The van der Waals surface area contributed by atoms with E-state index >= 15 is 0 Å². The SMILES string of the molecule is Cc1nc(-c2csc(S(=O)(=O)N3CCCC(C(=O)Nc4cccc5c4CCCC5)C3)c2)no1. The summed E-state index contributed by atoms with van der Waals surface area (Å²) in [5.41, 5.74) is 4.00. The van der Waals surface area contributed by atoms with E-state index in [1.807, 2.05) is 12.1 Å². The number of anilines is 1. The van der Waals surface area contributed by atoms with Crippen LogP contribution in [0, 0.1) is 12.8 Å². The number of hydrogen-bond acceptors (Lipinski definition) is 7. The summed E-state index contributed by atoms with van der Waals surface area (Å²) in [6.45, 7) is 2.27. The maximum atomic E-state index is 13.3. The Morgan fingerprint density at radius 3 is 2.91 bits per heavy atom. The van der Waals surface area contributed by atoms with Gasteiger partial charge in [-0.05, 0) is 61.8 Å². The first-order chi connectivity index (χ1) is 15.9. The average Bonchev–Trinajstić information content (AvgIpc) is 3.49. The molecule has 10 heteroatoms. The molecule has 1 amide bonds. The fourth-order valence-electron chi connectivity index (χ4n) is 4.62. The molecule has 1 N–H and O–H groups in total. The molecule has 8 nitrogen and oxygen atoms in total. The van der Waals surface area contributed by atoms with Gasteiger partial charge >= 0.3 is 0 Å². The fourth-order valence-corrected chi connectivity index (χ4v) is 7.46. The van der Waals surface area contributed by atoms with Crippen molar-refractivity contribution in [1.82, 2.24) is 14.4 Å². The molecule has 0 spiro atoms. The van der Waals surface area contributed by atoms with Gasteiger partial charge in [0.15, 0.2) is 0 Å². The van der Waals surface area contributed by atoms with Crippen molar-refractivity contribution in [3.8, 4) is 11.4 Å². The van der Waals surface area contributed by atoms with Crippen LogP contribution in [0.15, 0.2) is 38.4 Å². The van der Waals surface area contributed by atoms with Gasteiger partial charge in [0.05, 0.1) is 5.92 Å². The van der Waals surface area contributed by atoms with Crippen LogP contribution in [-0.2, 0) is 27.7 Å². The lowest BCUT2D eigenvalue weighted by Crippen LogP contribution is -2.43. The number of carbonyl (C=O) groups excluding carboxylic acids is 1. The molecule has 0 saturated carbocycles. The summed E-state index contributed by atoms with van der Waals surface area (Å²) in [5, 5.41) is 8.67. The molecule has 2 aliphatic rings. The van der Waals surface area contributed by atoms with Crippen LogP contribution in [0.3, 0.4) is 0 Å². The highest BCUT2D eigenvalue weighted by Crippen LogP contribution is 2.32. The van der Waals surface area contributed by atoms with Crippen molar-refractivity contribution < 1.29 is 17.7 Å². The van der Waals surface area contributed by atoms with Crippen molar-refractivity contribution in [1.29, 1.82) is 0 Å². The third kappa shape index (κ3) is 4.47. The number of sulfonamides is 1. The number of carbonyl (C=O) groups is 1. The zero-order chi connectivity index (χ0) is 23.0. The van der Waals surface area contributed by atoms with E-state index < -0.39 is 10.0 Å². The van der Waals surface area contributed by atoms with Crippen LogP contribution in [-0.4, -0.2) is 41.9 Å². The van der Waals surface area contributed by atoms with E-state index in [4.69, 9.17) is 4.52 Å². The van der Waals surface area contributed by atoms with E-state index in [1.54, 1.807) is 18.4 Å². The number of benzene rings is 1. The summed E-state index contributed by atoms with van der Waals surface area (Å²) in [6, 6.07) is 7.64. The molecule has 0 bridgehead atoms. The van der Waals surface area contributed by atoms with Gasteiger partial charge in [0.25, 0.3) is 10.0 Å². The third-order valence-corrected chi connectivity index (χ3v) is 9.64. The second-order valence-electron chi connectivity index (χ2n) is 8.63. The van der Waals surface area contributed by atoms with Crippen LogP contribution in [0.1, 0.15) is 42.7 Å². The first-order valence-electron chi connectivity index (χ1n) is 11.2. The van der Waals surface area contributed by atoms with E-state index in [1.165, 1.54) is 21.9 Å². The molecule has 3 aromatic rings. The monoisotopic (exact) mass is 486 g/mol. The minimum absolute atomic E-state index is 0.108. The molecule has 1 fully saturated rings. The Balaban J connectivity index is 1.30. The molecule has 1 aliphatic carbocycles. The summed E-state index contributed by atoms with van der Waals surface area (Å²) < 4.78 is 33.2. The van der Waals surface area contributed by atoms with Gasteiger partial charge in [-0.1, -0.05) is 17.3 Å². The number of aromatic nitrogens is 2. The predicted molar refractivity (Wildman–Crippen MR) is 126 cm³/mol. The number of thiophene rings is 1. The number of hydrogen-bond donors (Lipinski definition) is 1. The molecule has 3 heterocycles. The Hall–Kier alpha value is -2.56. The lowest BCUT2D eigenvalue weighted by Gasteiger charge is -2.31. The molecule has 2 aromatic heterocycles. The predicted octanol–water partition coefficient (Wildman–Crippen LogP) is 4.02. The first kappa shape index (κ1) is 22.2. The number of rotatable bonds is 5. The minimum Gasteiger partial charge on any atom is -0.339 e. The van der Waals surface area contributed by atoms with Crippen LogP contribution in [0.25, 0.3) is 11.4 Å². The summed E-state index contributed by atoms with van der Waals surface area (Å²) >= 11 is 1.13. The van der Waals surface area contributed by atoms with Crippen molar-refractivity contribution in [3.05, 3.63) is 46.7 Å². The van der Waals surface area contributed by atoms with Crippen molar-refractivity contribution in [3.63, 3.8) is 0 Å². The maximum Gasteiger partial charge on any atom is 0.252 e. The van der Waals surface area contributed by atoms with Gasteiger partial charge in [-0.2, -0.15) is 9.29 Å². The van der Waals surface area contributed by atoms with Crippen LogP contribution < -0.4 is 5.32 Å². The second kappa shape index (κ2) is 9.00. The Kier molecular flexibility index (Phi) is 6.07. The van der Waals surface area contributed by atoms with Crippen LogP contribution in [0.4, 0.5) is 5.69 Å². The molecule has 174 valence electrons. The molecule has 1 saturated heterocycles. The number of fused-ring (bicyclic) bond motifs is 1. The summed E-state index contributed by atoms with van der Waals surface area (Å²) in [5.74, 6) is 0.299. The minimum atomic E-state index is -3.71. The van der Waals surface area contributed by atoms with Crippen LogP contribution >= 0.6 is 11.3 Å². The summed E-state index contributed by atoms with van der Waals surface area (Å²) in [4.78, 5) is 17.3. The lowest BCUT2D eigenvalue weighted by atomic mass is 9.90. The van der Waals surface area contributed by atoms with Crippen molar-refractivity contribution in [2.75, 3.05) is 18.4 Å². The summed E-state index contributed by atoms with van der Waals surface area (Å²) in [7, 11) is -3.71. The highest BCUT2D eigenvalue weighted by Gasteiger charge is 2.34. The quantitative estimate of drug-likeness (QED) is 0.584. The Bertz CT molecular complexity index is 1280. The number of aryl methyl sites for hydroxylation is 2.